The Hall–Kier alpha value is -2.89. The topological polar surface area (TPSA) is 59.7 Å². The van der Waals surface area contributed by atoms with Gasteiger partial charge in [0.25, 0.3) is 5.91 Å². The molecule has 6 heteroatoms. The van der Waals surface area contributed by atoms with E-state index in [1.165, 1.54) is 0 Å². The molecule has 1 fully saturated rings. The Bertz CT molecular complexity index is 950. The molecule has 0 aliphatic carbocycles. The van der Waals surface area contributed by atoms with E-state index < -0.39 is 0 Å². The number of amides is 1. The van der Waals surface area contributed by atoms with Crippen molar-refractivity contribution >= 4 is 11.6 Å². The van der Waals surface area contributed by atoms with Crippen molar-refractivity contribution in [1.29, 1.82) is 0 Å². The second kappa shape index (κ2) is 6.78. The maximum absolute atomic E-state index is 13.1. The fraction of sp³-hybridized carbons (Fsp3) is 0.350. The Labute approximate surface area is 152 Å². The van der Waals surface area contributed by atoms with Gasteiger partial charge in [-0.25, -0.2) is 9.50 Å². The first-order valence-corrected chi connectivity index (χ1v) is 8.93. The van der Waals surface area contributed by atoms with Crippen LogP contribution < -0.4 is 4.74 Å². The molecule has 0 saturated carbocycles. The van der Waals surface area contributed by atoms with E-state index in [4.69, 9.17) is 9.72 Å². The third kappa shape index (κ3) is 3.03. The summed E-state index contributed by atoms with van der Waals surface area (Å²) in [6.07, 6.45) is 4.96. The predicted octanol–water partition coefficient (Wildman–Crippen LogP) is 3.41. The molecule has 134 valence electrons. The van der Waals surface area contributed by atoms with Crippen LogP contribution >= 0.6 is 0 Å². The van der Waals surface area contributed by atoms with Crippen LogP contribution in [0.3, 0.4) is 0 Å². The summed E-state index contributed by atoms with van der Waals surface area (Å²) in [4.78, 5) is 19.9. The van der Waals surface area contributed by atoms with Gasteiger partial charge in [-0.1, -0.05) is 6.07 Å². The molecule has 0 bridgehead atoms. The van der Waals surface area contributed by atoms with Gasteiger partial charge in [0.1, 0.15) is 5.75 Å². The number of carbonyl (C=O) groups excluding carboxylic acids is 1. The van der Waals surface area contributed by atoms with E-state index in [0.717, 1.165) is 42.8 Å². The number of benzene rings is 1. The SMILES string of the molecule is COc1cccc(C(=O)N2CCCCC2c2ccn3nc(C)cc3n2)c1. The quantitative estimate of drug-likeness (QED) is 0.726. The second-order valence-electron chi connectivity index (χ2n) is 6.68. The summed E-state index contributed by atoms with van der Waals surface area (Å²) in [7, 11) is 1.61. The minimum absolute atomic E-state index is 0.0114. The molecule has 0 N–H and O–H groups in total. The van der Waals surface area contributed by atoms with Crippen molar-refractivity contribution in [2.45, 2.75) is 32.2 Å². The minimum Gasteiger partial charge on any atom is -0.497 e. The van der Waals surface area contributed by atoms with Gasteiger partial charge < -0.3 is 9.64 Å². The number of hydrogen-bond acceptors (Lipinski definition) is 4. The summed E-state index contributed by atoms with van der Waals surface area (Å²) >= 11 is 0. The van der Waals surface area contributed by atoms with E-state index in [-0.39, 0.29) is 11.9 Å². The van der Waals surface area contributed by atoms with Crippen molar-refractivity contribution in [3.8, 4) is 5.75 Å². The number of carbonyl (C=O) groups is 1. The molecule has 1 aliphatic heterocycles. The Morgan fingerprint density at radius 1 is 1.23 bits per heavy atom. The van der Waals surface area contributed by atoms with E-state index in [1.54, 1.807) is 17.7 Å². The molecule has 3 heterocycles. The van der Waals surface area contributed by atoms with Crippen LogP contribution in [0.25, 0.3) is 5.65 Å². The molecule has 2 aromatic heterocycles. The molecule has 3 aromatic rings. The van der Waals surface area contributed by atoms with Gasteiger partial charge in [-0.05, 0) is 50.5 Å². The zero-order chi connectivity index (χ0) is 18.1. The predicted molar refractivity (Wildman–Crippen MR) is 98.3 cm³/mol. The van der Waals surface area contributed by atoms with Crippen LogP contribution in [0.1, 0.15) is 47.1 Å². The first kappa shape index (κ1) is 16.6. The Morgan fingerprint density at radius 2 is 2.12 bits per heavy atom. The maximum Gasteiger partial charge on any atom is 0.254 e. The number of ether oxygens (including phenoxy) is 1. The minimum atomic E-state index is -0.0114. The van der Waals surface area contributed by atoms with Gasteiger partial charge in [0.05, 0.1) is 24.5 Å². The van der Waals surface area contributed by atoms with Crippen LogP contribution in [-0.4, -0.2) is 39.1 Å². The summed E-state index contributed by atoms with van der Waals surface area (Å²) in [6.45, 7) is 2.69. The fourth-order valence-corrected chi connectivity index (χ4v) is 3.60. The van der Waals surface area contributed by atoms with E-state index in [2.05, 4.69) is 5.10 Å². The average molecular weight is 350 g/mol. The molecule has 0 spiro atoms. The van der Waals surface area contributed by atoms with Crippen LogP contribution in [0.15, 0.2) is 42.6 Å². The maximum atomic E-state index is 13.1. The van der Waals surface area contributed by atoms with Crippen molar-refractivity contribution in [2.24, 2.45) is 0 Å². The monoisotopic (exact) mass is 350 g/mol. The molecule has 4 rings (SSSR count). The fourth-order valence-electron chi connectivity index (χ4n) is 3.60. The van der Waals surface area contributed by atoms with Gasteiger partial charge >= 0.3 is 0 Å². The Balaban J connectivity index is 1.67. The molecule has 1 unspecified atom stereocenters. The summed E-state index contributed by atoms with van der Waals surface area (Å²) in [5.74, 6) is 0.721. The molecule has 6 nitrogen and oxygen atoms in total. The standard InChI is InChI=1S/C20H22N4O2/c1-14-12-19-21-17(9-11-24(19)22-14)18-8-3-4-10-23(18)20(25)15-6-5-7-16(13-15)26-2/h5-7,9,11-13,18H,3-4,8,10H2,1-2H3. The van der Waals surface area contributed by atoms with Crippen LogP contribution in [0.2, 0.25) is 0 Å². The number of aryl methyl sites for hydroxylation is 1. The molecule has 1 atom stereocenters. The first-order chi connectivity index (χ1) is 12.7. The van der Waals surface area contributed by atoms with Gasteiger partial charge in [-0.15, -0.1) is 0 Å². The zero-order valence-corrected chi connectivity index (χ0v) is 15.1. The third-order valence-electron chi connectivity index (χ3n) is 4.89. The van der Waals surface area contributed by atoms with Crippen molar-refractivity contribution in [3.05, 3.63) is 59.5 Å². The first-order valence-electron chi connectivity index (χ1n) is 8.93. The number of methoxy groups -OCH3 is 1. The largest absolute Gasteiger partial charge is 0.497 e. The molecular formula is C20H22N4O2. The molecule has 26 heavy (non-hydrogen) atoms. The highest BCUT2D eigenvalue weighted by atomic mass is 16.5. The molecule has 1 aliphatic rings. The highest BCUT2D eigenvalue weighted by Crippen LogP contribution is 2.31. The van der Waals surface area contributed by atoms with Crippen LogP contribution in [0, 0.1) is 6.92 Å². The number of aromatic nitrogens is 3. The molecular weight excluding hydrogens is 328 g/mol. The lowest BCUT2D eigenvalue weighted by Crippen LogP contribution is -2.38. The number of piperidine rings is 1. The number of fused-ring (bicyclic) bond motifs is 1. The van der Waals surface area contributed by atoms with Gasteiger partial charge in [-0.2, -0.15) is 5.10 Å². The van der Waals surface area contributed by atoms with Gasteiger partial charge in [-0.3, -0.25) is 4.79 Å². The van der Waals surface area contributed by atoms with E-state index in [1.807, 2.05) is 48.4 Å². The van der Waals surface area contributed by atoms with Gasteiger partial charge in [0.2, 0.25) is 0 Å². The Kier molecular flexibility index (Phi) is 4.32. The van der Waals surface area contributed by atoms with Crippen molar-refractivity contribution in [1.82, 2.24) is 19.5 Å². The van der Waals surface area contributed by atoms with Crippen molar-refractivity contribution in [3.63, 3.8) is 0 Å². The van der Waals surface area contributed by atoms with Gasteiger partial charge in [0, 0.05) is 24.4 Å². The van der Waals surface area contributed by atoms with E-state index in [9.17, 15) is 4.79 Å². The number of rotatable bonds is 3. The summed E-state index contributed by atoms with van der Waals surface area (Å²) in [5.41, 5.74) is 3.33. The molecule has 0 radical (unpaired) electrons. The molecule has 1 amide bonds. The Morgan fingerprint density at radius 3 is 2.96 bits per heavy atom. The number of nitrogens with zero attached hydrogens (tertiary/aromatic N) is 4. The molecule has 1 aromatic carbocycles. The second-order valence-corrected chi connectivity index (χ2v) is 6.68. The highest BCUT2D eigenvalue weighted by molar-refractivity contribution is 5.95. The van der Waals surface area contributed by atoms with Crippen LogP contribution in [0.4, 0.5) is 0 Å². The van der Waals surface area contributed by atoms with E-state index in [0.29, 0.717) is 11.3 Å². The third-order valence-corrected chi connectivity index (χ3v) is 4.89. The van der Waals surface area contributed by atoms with Gasteiger partial charge in [0.15, 0.2) is 5.65 Å². The van der Waals surface area contributed by atoms with Crippen LogP contribution in [-0.2, 0) is 0 Å². The normalized spacial score (nSPS) is 17.5. The summed E-state index contributed by atoms with van der Waals surface area (Å²) in [5, 5.41) is 4.38. The lowest BCUT2D eigenvalue weighted by molar-refractivity contribution is 0.0606. The summed E-state index contributed by atoms with van der Waals surface area (Å²) < 4.78 is 7.04. The highest BCUT2D eigenvalue weighted by Gasteiger charge is 2.30. The average Bonchev–Trinajstić information content (AvgIpc) is 3.06. The van der Waals surface area contributed by atoms with Crippen molar-refractivity contribution < 1.29 is 9.53 Å². The number of hydrogen-bond donors (Lipinski definition) is 0. The smallest absolute Gasteiger partial charge is 0.254 e. The zero-order valence-electron chi connectivity index (χ0n) is 15.1. The summed E-state index contributed by atoms with van der Waals surface area (Å²) in [6, 6.07) is 11.3. The van der Waals surface area contributed by atoms with E-state index >= 15 is 0 Å². The molecule has 1 saturated heterocycles. The van der Waals surface area contributed by atoms with Crippen molar-refractivity contribution in [2.75, 3.05) is 13.7 Å². The van der Waals surface area contributed by atoms with Crippen LogP contribution in [0.5, 0.6) is 5.75 Å². The lowest BCUT2D eigenvalue weighted by Gasteiger charge is -2.35. The lowest BCUT2D eigenvalue weighted by atomic mass is 9.98. The number of likely N-dealkylation sites (tertiary alicyclic amines) is 1.